The van der Waals surface area contributed by atoms with Gasteiger partial charge in [-0.05, 0) is 26.7 Å². The summed E-state index contributed by atoms with van der Waals surface area (Å²) >= 11 is 0. The van der Waals surface area contributed by atoms with Crippen molar-refractivity contribution in [3.8, 4) is 0 Å². The molecule has 0 spiro atoms. The second-order valence-electron chi connectivity index (χ2n) is 6.52. The maximum atomic E-state index is 4.34. The van der Waals surface area contributed by atoms with Gasteiger partial charge in [0.1, 0.15) is 0 Å². The maximum absolute atomic E-state index is 4.34. The lowest BCUT2D eigenvalue weighted by Crippen LogP contribution is -2.30. The summed E-state index contributed by atoms with van der Waals surface area (Å²) in [6.45, 7) is 9.17. The quantitative estimate of drug-likeness (QED) is 0.464. The van der Waals surface area contributed by atoms with Gasteiger partial charge in [-0.15, -0.1) is 0 Å². The number of imidazole rings is 1. The zero-order valence-corrected chi connectivity index (χ0v) is 14.1. The Morgan fingerprint density at radius 1 is 0.950 bits per heavy atom. The van der Waals surface area contributed by atoms with E-state index in [1.807, 2.05) is 12.5 Å². The van der Waals surface area contributed by atoms with Gasteiger partial charge in [0, 0.05) is 17.4 Å². The number of unbranched alkanes of at least 4 members (excludes halogenated alkanes) is 6. The van der Waals surface area contributed by atoms with Gasteiger partial charge in [0.2, 0.25) is 0 Å². The van der Waals surface area contributed by atoms with Gasteiger partial charge in [-0.25, -0.2) is 4.98 Å². The minimum atomic E-state index is 0.266. The van der Waals surface area contributed by atoms with Crippen molar-refractivity contribution in [2.75, 3.05) is 0 Å². The van der Waals surface area contributed by atoms with Gasteiger partial charge in [0.25, 0.3) is 0 Å². The largest absolute Gasteiger partial charge is 0.329 e. The molecule has 2 heteroatoms. The molecule has 0 radical (unpaired) electrons. The molecule has 0 aliphatic heterocycles. The molecular weight excluding hydrogens is 244 g/mol. The summed E-state index contributed by atoms with van der Waals surface area (Å²) in [6, 6.07) is 0. The minimum absolute atomic E-state index is 0.266. The first kappa shape index (κ1) is 17.3. The van der Waals surface area contributed by atoms with Crippen LogP contribution < -0.4 is 0 Å². The molecule has 0 aromatic carbocycles. The Balaban J connectivity index is 2.57. The molecule has 20 heavy (non-hydrogen) atoms. The topological polar surface area (TPSA) is 17.8 Å². The Labute approximate surface area is 126 Å². The van der Waals surface area contributed by atoms with E-state index in [2.05, 4.69) is 37.2 Å². The molecule has 0 bridgehead atoms. The van der Waals surface area contributed by atoms with E-state index in [-0.39, 0.29) is 5.54 Å². The zero-order valence-electron chi connectivity index (χ0n) is 14.1. The van der Waals surface area contributed by atoms with Gasteiger partial charge < -0.3 is 4.57 Å². The molecule has 1 unspecified atom stereocenters. The molecule has 0 fully saturated rings. The summed E-state index contributed by atoms with van der Waals surface area (Å²) in [4.78, 5) is 4.34. The van der Waals surface area contributed by atoms with Crippen LogP contribution in [0.25, 0.3) is 0 Å². The average molecular weight is 278 g/mol. The predicted octanol–water partition coefficient (Wildman–Crippen LogP) is 5.85. The second kappa shape index (κ2) is 9.20. The smallest absolute Gasteiger partial charge is 0.0953 e. The van der Waals surface area contributed by atoms with Crippen LogP contribution in [-0.2, 0) is 5.54 Å². The van der Waals surface area contributed by atoms with Gasteiger partial charge in [-0.2, -0.15) is 0 Å². The van der Waals surface area contributed by atoms with Crippen LogP contribution in [0, 0.1) is 6.92 Å². The zero-order chi connectivity index (χ0) is 14.8. The van der Waals surface area contributed by atoms with Gasteiger partial charge in [-0.1, -0.05) is 65.2 Å². The Hall–Kier alpha value is -0.790. The standard InChI is InChI=1S/C18H34N2/c1-5-7-9-10-12-14-18(4,13-11-8-6-2)20-16-19-15-17(20)3/h15-16H,5-14H2,1-4H3. The third kappa shape index (κ3) is 5.30. The van der Waals surface area contributed by atoms with Crippen molar-refractivity contribution in [1.29, 1.82) is 0 Å². The van der Waals surface area contributed by atoms with Crippen LogP contribution in [0.4, 0.5) is 0 Å². The first-order chi connectivity index (χ1) is 9.64. The van der Waals surface area contributed by atoms with E-state index in [1.54, 1.807) is 0 Å². The molecule has 0 N–H and O–H groups in total. The van der Waals surface area contributed by atoms with Gasteiger partial charge in [-0.3, -0.25) is 0 Å². The fourth-order valence-electron chi connectivity index (χ4n) is 3.16. The number of hydrogen-bond donors (Lipinski definition) is 0. The molecule has 0 amide bonds. The Morgan fingerprint density at radius 2 is 1.50 bits per heavy atom. The second-order valence-corrected chi connectivity index (χ2v) is 6.52. The van der Waals surface area contributed by atoms with Crippen LogP contribution in [0.3, 0.4) is 0 Å². The normalized spacial score (nSPS) is 14.4. The van der Waals surface area contributed by atoms with Crippen molar-refractivity contribution in [1.82, 2.24) is 9.55 Å². The van der Waals surface area contributed by atoms with E-state index in [1.165, 1.54) is 69.9 Å². The number of aromatic nitrogens is 2. The third-order valence-electron chi connectivity index (χ3n) is 4.54. The highest BCUT2D eigenvalue weighted by molar-refractivity contribution is 5.01. The lowest BCUT2D eigenvalue weighted by atomic mass is 9.87. The number of hydrogen-bond acceptors (Lipinski definition) is 1. The van der Waals surface area contributed by atoms with E-state index in [0.29, 0.717) is 0 Å². The fourth-order valence-corrected chi connectivity index (χ4v) is 3.16. The molecule has 1 heterocycles. The van der Waals surface area contributed by atoms with Crippen LogP contribution in [0.2, 0.25) is 0 Å². The molecule has 0 saturated carbocycles. The van der Waals surface area contributed by atoms with Crippen molar-refractivity contribution in [2.24, 2.45) is 0 Å². The first-order valence-electron chi connectivity index (χ1n) is 8.63. The molecule has 116 valence electrons. The van der Waals surface area contributed by atoms with Gasteiger partial charge in [0.15, 0.2) is 0 Å². The molecule has 2 nitrogen and oxygen atoms in total. The predicted molar refractivity (Wildman–Crippen MR) is 88.1 cm³/mol. The van der Waals surface area contributed by atoms with Crippen molar-refractivity contribution >= 4 is 0 Å². The molecule has 0 saturated heterocycles. The van der Waals surface area contributed by atoms with Crippen LogP contribution in [0.15, 0.2) is 12.5 Å². The first-order valence-corrected chi connectivity index (χ1v) is 8.63. The van der Waals surface area contributed by atoms with E-state index in [4.69, 9.17) is 0 Å². The molecule has 1 aromatic heterocycles. The van der Waals surface area contributed by atoms with E-state index >= 15 is 0 Å². The van der Waals surface area contributed by atoms with Crippen molar-refractivity contribution in [3.63, 3.8) is 0 Å². The fraction of sp³-hybridized carbons (Fsp3) is 0.833. The summed E-state index contributed by atoms with van der Waals surface area (Å²) < 4.78 is 2.42. The molecule has 1 atom stereocenters. The highest BCUT2D eigenvalue weighted by Gasteiger charge is 2.26. The van der Waals surface area contributed by atoms with Crippen LogP contribution in [0.5, 0.6) is 0 Å². The Morgan fingerprint density at radius 3 is 2.05 bits per heavy atom. The molecule has 1 rings (SSSR count). The summed E-state index contributed by atoms with van der Waals surface area (Å²) in [6.07, 6.45) is 17.4. The lowest BCUT2D eigenvalue weighted by Gasteiger charge is -2.33. The van der Waals surface area contributed by atoms with E-state index < -0.39 is 0 Å². The number of aryl methyl sites for hydroxylation is 1. The van der Waals surface area contributed by atoms with Crippen molar-refractivity contribution in [3.05, 3.63) is 18.2 Å². The average Bonchev–Trinajstić information content (AvgIpc) is 2.86. The van der Waals surface area contributed by atoms with Crippen molar-refractivity contribution < 1.29 is 0 Å². The van der Waals surface area contributed by atoms with Gasteiger partial charge >= 0.3 is 0 Å². The lowest BCUT2D eigenvalue weighted by molar-refractivity contribution is 0.247. The summed E-state index contributed by atoms with van der Waals surface area (Å²) in [7, 11) is 0. The highest BCUT2D eigenvalue weighted by Crippen LogP contribution is 2.31. The third-order valence-corrected chi connectivity index (χ3v) is 4.54. The number of rotatable bonds is 11. The number of nitrogens with zero attached hydrogens (tertiary/aromatic N) is 2. The molecule has 0 aliphatic carbocycles. The van der Waals surface area contributed by atoms with Gasteiger partial charge in [0.05, 0.1) is 6.33 Å². The summed E-state index contributed by atoms with van der Waals surface area (Å²) in [5.74, 6) is 0. The van der Waals surface area contributed by atoms with Crippen LogP contribution >= 0.6 is 0 Å². The Kier molecular flexibility index (Phi) is 7.94. The monoisotopic (exact) mass is 278 g/mol. The van der Waals surface area contributed by atoms with Crippen molar-refractivity contribution in [2.45, 2.75) is 97.4 Å². The minimum Gasteiger partial charge on any atom is -0.329 e. The molecular formula is C18H34N2. The summed E-state index contributed by atoms with van der Waals surface area (Å²) in [5.41, 5.74) is 1.57. The molecule has 1 aromatic rings. The maximum Gasteiger partial charge on any atom is 0.0953 e. The van der Waals surface area contributed by atoms with E-state index in [9.17, 15) is 0 Å². The summed E-state index contributed by atoms with van der Waals surface area (Å²) in [5, 5.41) is 0. The SMILES string of the molecule is CCCCCCCC(C)(CCCCC)n1cncc1C. The van der Waals surface area contributed by atoms with E-state index in [0.717, 1.165) is 0 Å². The van der Waals surface area contributed by atoms with Crippen LogP contribution in [-0.4, -0.2) is 9.55 Å². The molecule has 0 aliphatic rings. The highest BCUT2D eigenvalue weighted by atomic mass is 15.1. The Bertz CT molecular complexity index is 356. The van der Waals surface area contributed by atoms with Crippen LogP contribution in [0.1, 0.15) is 90.7 Å².